The molecule has 1 aliphatic heterocycles. The molecule has 6 rings (SSSR count). The Balaban J connectivity index is 1.61. The zero-order chi connectivity index (χ0) is 31.6. The van der Waals surface area contributed by atoms with Crippen LogP contribution in [0.1, 0.15) is 43.0 Å². The number of carbonyl (C=O) groups is 2. The smallest absolute Gasteiger partial charge is 0.416 e. The molecule has 0 saturated heterocycles. The predicted molar refractivity (Wildman–Crippen MR) is 156 cm³/mol. The van der Waals surface area contributed by atoms with Gasteiger partial charge in [0.15, 0.2) is 0 Å². The van der Waals surface area contributed by atoms with E-state index in [1.807, 2.05) is 0 Å². The highest BCUT2D eigenvalue weighted by Crippen LogP contribution is 2.42. The Kier molecular flexibility index (Phi) is 6.92. The molecule has 0 N–H and O–H groups in total. The lowest BCUT2D eigenvalue weighted by molar-refractivity contribution is -0.137. The van der Waals surface area contributed by atoms with Crippen LogP contribution in [0.2, 0.25) is 0 Å². The van der Waals surface area contributed by atoms with E-state index in [1.165, 1.54) is 49.5 Å². The summed E-state index contributed by atoms with van der Waals surface area (Å²) in [4.78, 5) is 28.6. The molecule has 0 radical (unpaired) electrons. The van der Waals surface area contributed by atoms with Crippen molar-refractivity contribution in [3.63, 3.8) is 0 Å². The molecule has 1 aliphatic rings. The lowest BCUT2D eigenvalue weighted by Crippen LogP contribution is -2.23. The molecule has 8 nitrogen and oxygen atoms in total. The van der Waals surface area contributed by atoms with E-state index in [0.29, 0.717) is 27.8 Å². The van der Waals surface area contributed by atoms with E-state index in [2.05, 4.69) is 0 Å². The minimum absolute atomic E-state index is 0.00967. The molecule has 0 atom stereocenters. The standard InChI is InChI=1S/C32H25F3N2O6S/c1-18-5-4-6-23(13-18)44(40,41)37-26-12-11-22(42-2)15-24(26)28-27-20(14-25(29(28)37)31(39)43-3)17-36(30(27)38)16-19-7-9-21(10-8-19)32(33,34)35/h4-15H,16-17H2,1-3H3. The van der Waals surface area contributed by atoms with Crippen LogP contribution in [-0.2, 0) is 34.0 Å². The number of nitrogens with zero attached hydrogens (tertiary/aromatic N) is 2. The van der Waals surface area contributed by atoms with Crippen molar-refractivity contribution in [2.75, 3.05) is 14.2 Å². The van der Waals surface area contributed by atoms with E-state index < -0.39 is 33.6 Å². The number of aryl methyl sites for hydroxylation is 1. The van der Waals surface area contributed by atoms with Gasteiger partial charge in [0.05, 0.1) is 46.8 Å². The maximum atomic E-state index is 14.3. The molecule has 0 fully saturated rings. The fourth-order valence-electron chi connectivity index (χ4n) is 5.69. The van der Waals surface area contributed by atoms with Crippen molar-refractivity contribution < 1.29 is 40.7 Å². The number of benzene rings is 4. The van der Waals surface area contributed by atoms with Gasteiger partial charge in [0, 0.05) is 23.9 Å². The van der Waals surface area contributed by atoms with Crippen molar-refractivity contribution >= 4 is 43.7 Å². The van der Waals surface area contributed by atoms with Crippen LogP contribution in [-0.4, -0.2) is 43.4 Å². The number of methoxy groups -OCH3 is 2. The van der Waals surface area contributed by atoms with Crippen LogP contribution in [0.25, 0.3) is 21.8 Å². The Hall–Kier alpha value is -4.84. The van der Waals surface area contributed by atoms with Gasteiger partial charge in [-0.1, -0.05) is 24.3 Å². The summed E-state index contributed by atoms with van der Waals surface area (Å²) in [6, 6.07) is 17.0. The van der Waals surface area contributed by atoms with Crippen LogP contribution in [0.4, 0.5) is 13.2 Å². The van der Waals surface area contributed by atoms with Crippen LogP contribution >= 0.6 is 0 Å². The molecule has 12 heteroatoms. The van der Waals surface area contributed by atoms with Crippen LogP contribution in [0.3, 0.4) is 0 Å². The van der Waals surface area contributed by atoms with Gasteiger partial charge in [-0.15, -0.1) is 0 Å². The van der Waals surface area contributed by atoms with Crippen molar-refractivity contribution in [1.29, 1.82) is 0 Å². The van der Waals surface area contributed by atoms with Gasteiger partial charge in [-0.05, 0) is 72.1 Å². The van der Waals surface area contributed by atoms with E-state index in [-0.39, 0.29) is 45.5 Å². The number of aromatic nitrogens is 1. The summed E-state index contributed by atoms with van der Waals surface area (Å²) < 4.78 is 79.4. The maximum Gasteiger partial charge on any atom is 0.416 e. The molecule has 2 heterocycles. The molecule has 0 saturated carbocycles. The molecule has 226 valence electrons. The zero-order valence-electron chi connectivity index (χ0n) is 23.7. The van der Waals surface area contributed by atoms with E-state index in [9.17, 15) is 31.2 Å². The number of amides is 1. The molecule has 0 unspecified atom stereocenters. The van der Waals surface area contributed by atoms with Crippen LogP contribution in [0.15, 0.2) is 77.7 Å². The summed E-state index contributed by atoms with van der Waals surface area (Å²) >= 11 is 0. The first-order valence-corrected chi connectivity index (χ1v) is 14.8. The minimum Gasteiger partial charge on any atom is -0.497 e. The van der Waals surface area contributed by atoms with Gasteiger partial charge in [0.1, 0.15) is 5.75 Å². The Bertz CT molecular complexity index is 2100. The second kappa shape index (κ2) is 10.4. The third kappa shape index (κ3) is 4.66. The highest BCUT2D eigenvalue weighted by molar-refractivity contribution is 7.90. The van der Waals surface area contributed by atoms with Gasteiger partial charge in [-0.25, -0.2) is 17.2 Å². The largest absolute Gasteiger partial charge is 0.497 e. The first kappa shape index (κ1) is 29.2. The van der Waals surface area contributed by atoms with E-state index in [0.717, 1.165) is 16.1 Å². The second-order valence-electron chi connectivity index (χ2n) is 10.5. The summed E-state index contributed by atoms with van der Waals surface area (Å²) in [5, 5.41) is 0.593. The summed E-state index contributed by atoms with van der Waals surface area (Å²) in [6.45, 7) is 1.78. The van der Waals surface area contributed by atoms with E-state index >= 15 is 0 Å². The Morgan fingerprint density at radius 3 is 2.34 bits per heavy atom. The fourth-order valence-corrected chi connectivity index (χ4v) is 7.33. The summed E-state index contributed by atoms with van der Waals surface area (Å²) in [5.41, 5.74) is 1.14. The highest BCUT2D eigenvalue weighted by atomic mass is 32.2. The van der Waals surface area contributed by atoms with Gasteiger partial charge >= 0.3 is 12.1 Å². The van der Waals surface area contributed by atoms with Gasteiger partial charge in [-0.2, -0.15) is 13.2 Å². The molecule has 0 bridgehead atoms. The molecular weight excluding hydrogens is 597 g/mol. The average Bonchev–Trinajstić information content (AvgIpc) is 3.50. The van der Waals surface area contributed by atoms with Crippen molar-refractivity contribution in [3.05, 3.63) is 106 Å². The van der Waals surface area contributed by atoms with Gasteiger partial charge in [0.25, 0.3) is 15.9 Å². The molecule has 1 amide bonds. The number of ether oxygens (including phenoxy) is 2. The normalized spacial score (nSPS) is 13.5. The first-order valence-electron chi connectivity index (χ1n) is 13.4. The third-order valence-corrected chi connectivity index (χ3v) is 9.44. The van der Waals surface area contributed by atoms with E-state index in [1.54, 1.807) is 37.3 Å². The van der Waals surface area contributed by atoms with Crippen molar-refractivity contribution in [2.45, 2.75) is 31.1 Å². The average molecular weight is 623 g/mol. The zero-order valence-corrected chi connectivity index (χ0v) is 24.5. The molecule has 0 spiro atoms. The maximum absolute atomic E-state index is 14.3. The summed E-state index contributed by atoms with van der Waals surface area (Å²) in [7, 11) is -1.69. The number of fused-ring (bicyclic) bond motifs is 5. The summed E-state index contributed by atoms with van der Waals surface area (Å²) in [6.07, 6.45) is -4.50. The number of rotatable bonds is 6. The second-order valence-corrected chi connectivity index (χ2v) is 12.3. The Morgan fingerprint density at radius 2 is 1.70 bits per heavy atom. The molecule has 5 aromatic rings. The fraction of sp³-hybridized carbons (Fsp3) is 0.188. The van der Waals surface area contributed by atoms with E-state index in [4.69, 9.17) is 9.47 Å². The van der Waals surface area contributed by atoms with Crippen molar-refractivity contribution in [2.24, 2.45) is 0 Å². The first-order chi connectivity index (χ1) is 20.8. The molecule has 0 aliphatic carbocycles. The third-order valence-electron chi connectivity index (χ3n) is 7.73. The SMILES string of the molecule is COC(=O)c1cc2c(c3c4cc(OC)ccc4n(S(=O)(=O)c4cccc(C)c4)c13)C(=O)N(Cc1ccc(C(F)(F)F)cc1)C2. The van der Waals surface area contributed by atoms with Crippen LogP contribution < -0.4 is 4.74 Å². The molecule has 44 heavy (non-hydrogen) atoms. The van der Waals surface area contributed by atoms with Gasteiger partial charge < -0.3 is 14.4 Å². The number of hydrogen-bond acceptors (Lipinski definition) is 6. The highest BCUT2D eigenvalue weighted by Gasteiger charge is 2.37. The van der Waals surface area contributed by atoms with Crippen LogP contribution in [0, 0.1) is 6.92 Å². The number of esters is 1. The van der Waals surface area contributed by atoms with Gasteiger partial charge in [0.2, 0.25) is 0 Å². The number of hydrogen-bond donors (Lipinski definition) is 0. The Labute approximate surface area is 250 Å². The summed E-state index contributed by atoms with van der Waals surface area (Å²) in [5.74, 6) is -0.869. The van der Waals surface area contributed by atoms with Crippen molar-refractivity contribution in [1.82, 2.24) is 8.87 Å². The minimum atomic E-state index is -4.50. The topological polar surface area (TPSA) is 94.9 Å². The number of alkyl halides is 3. The number of carbonyl (C=O) groups excluding carboxylic acids is 2. The number of halogens is 3. The molecule has 4 aromatic carbocycles. The monoisotopic (exact) mass is 622 g/mol. The quantitative estimate of drug-likeness (QED) is 0.206. The Morgan fingerprint density at radius 1 is 0.977 bits per heavy atom. The molecule has 1 aromatic heterocycles. The van der Waals surface area contributed by atoms with Crippen molar-refractivity contribution in [3.8, 4) is 5.75 Å². The van der Waals surface area contributed by atoms with Gasteiger partial charge in [-0.3, -0.25) is 4.79 Å². The lowest BCUT2D eigenvalue weighted by Gasteiger charge is -2.16. The lowest BCUT2D eigenvalue weighted by atomic mass is 9.98. The van der Waals surface area contributed by atoms with Crippen LogP contribution in [0.5, 0.6) is 5.75 Å². The predicted octanol–water partition coefficient (Wildman–Crippen LogP) is 6.31. The molecular formula is C32H25F3N2O6S.